The van der Waals surface area contributed by atoms with Crippen molar-refractivity contribution in [3.63, 3.8) is 0 Å². The molecule has 4 rings (SSSR count). The average Bonchev–Trinajstić information content (AvgIpc) is 3.01. The van der Waals surface area contributed by atoms with Crippen LogP contribution < -0.4 is 5.32 Å². The Morgan fingerprint density at radius 3 is 2.33 bits per heavy atom. The Morgan fingerprint density at radius 1 is 1.03 bits per heavy atom. The first-order chi connectivity index (χ1) is 14.3. The van der Waals surface area contributed by atoms with Gasteiger partial charge in [-0.2, -0.15) is 0 Å². The van der Waals surface area contributed by atoms with Gasteiger partial charge >= 0.3 is 6.09 Å². The predicted octanol–water partition coefficient (Wildman–Crippen LogP) is 5.08. The number of hydrogen-bond acceptors (Lipinski definition) is 3. The fourth-order valence-electron chi connectivity index (χ4n) is 4.77. The molecular weight excluding hydrogens is 376 g/mol. The highest BCUT2D eigenvalue weighted by atomic mass is 16.6. The standard InChI is InChI=1S/C25H30N2O3.H2/c1-24(2,3)30-23(29)27-15-13-25(14-16-27)17-21(19-11-7-8-12-20(19)25)26-22(28)18-9-5-4-6-10-18;/h4-12,21H,13-17H2,1-3H3,(H,26,28);1H/t21-;/m0./s1. The first-order valence-corrected chi connectivity index (χ1v) is 10.7. The van der Waals surface area contributed by atoms with Gasteiger partial charge in [0.2, 0.25) is 0 Å². The van der Waals surface area contributed by atoms with E-state index in [-0.39, 0.29) is 24.9 Å². The topological polar surface area (TPSA) is 58.6 Å². The Hall–Kier alpha value is -2.82. The van der Waals surface area contributed by atoms with Gasteiger partial charge < -0.3 is 15.0 Å². The van der Waals surface area contributed by atoms with E-state index < -0.39 is 5.60 Å². The molecule has 1 aliphatic carbocycles. The highest BCUT2D eigenvalue weighted by Gasteiger charge is 2.46. The number of amides is 2. The Labute approximate surface area is 179 Å². The largest absolute Gasteiger partial charge is 0.444 e. The van der Waals surface area contributed by atoms with Gasteiger partial charge in [0.1, 0.15) is 5.60 Å². The monoisotopic (exact) mass is 408 g/mol. The average molecular weight is 409 g/mol. The van der Waals surface area contributed by atoms with E-state index >= 15 is 0 Å². The second-order valence-corrected chi connectivity index (χ2v) is 9.43. The number of likely N-dealkylation sites (tertiary alicyclic amines) is 1. The molecule has 1 heterocycles. The van der Waals surface area contributed by atoms with E-state index in [2.05, 4.69) is 23.5 Å². The van der Waals surface area contributed by atoms with Crippen LogP contribution in [0.5, 0.6) is 0 Å². The van der Waals surface area contributed by atoms with Crippen molar-refractivity contribution in [1.82, 2.24) is 10.2 Å². The molecule has 1 spiro atoms. The number of rotatable bonds is 2. The minimum Gasteiger partial charge on any atom is -0.444 e. The van der Waals surface area contributed by atoms with Crippen LogP contribution in [0.15, 0.2) is 54.6 Å². The Morgan fingerprint density at radius 2 is 1.67 bits per heavy atom. The SMILES string of the molecule is CC(C)(C)OC(=O)N1CCC2(CC1)C[C@H](NC(=O)c1ccccc1)c1ccccc12.[HH]. The minimum atomic E-state index is -0.487. The maximum Gasteiger partial charge on any atom is 0.410 e. The molecule has 0 saturated carbocycles. The number of fused-ring (bicyclic) bond motifs is 2. The molecule has 1 saturated heterocycles. The molecule has 2 aliphatic rings. The molecule has 2 aromatic carbocycles. The normalized spacial score (nSPS) is 20.0. The van der Waals surface area contributed by atoms with Crippen LogP contribution in [0.25, 0.3) is 0 Å². The van der Waals surface area contributed by atoms with Crippen LogP contribution in [0.4, 0.5) is 4.79 Å². The van der Waals surface area contributed by atoms with Crippen molar-refractivity contribution in [2.75, 3.05) is 13.1 Å². The van der Waals surface area contributed by atoms with Gasteiger partial charge in [-0.05, 0) is 63.3 Å². The molecule has 1 N–H and O–H groups in total. The summed E-state index contributed by atoms with van der Waals surface area (Å²) in [6.45, 7) is 7.02. The van der Waals surface area contributed by atoms with Crippen molar-refractivity contribution in [2.24, 2.45) is 0 Å². The lowest BCUT2D eigenvalue weighted by atomic mass is 9.73. The third-order valence-electron chi connectivity index (χ3n) is 6.22. The third kappa shape index (κ3) is 4.07. The van der Waals surface area contributed by atoms with E-state index in [4.69, 9.17) is 4.74 Å². The van der Waals surface area contributed by atoms with Crippen LogP contribution in [-0.2, 0) is 10.2 Å². The van der Waals surface area contributed by atoms with Crippen LogP contribution in [0.3, 0.4) is 0 Å². The number of benzene rings is 2. The maximum absolute atomic E-state index is 12.8. The van der Waals surface area contributed by atoms with Gasteiger partial charge in [-0.15, -0.1) is 0 Å². The lowest BCUT2D eigenvalue weighted by Crippen LogP contribution is -2.46. The zero-order valence-corrected chi connectivity index (χ0v) is 18.0. The van der Waals surface area contributed by atoms with Gasteiger partial charge in [0.25, 0.3) is 5.91 Å². The van der Waals surface area contributed by atoms with Crippen LogP contribution in [0, 0.1) is 0 Å². The lowest BCUT2D eigenvalue weighted by Gasteiger charge is -2.40. The minimum absolute atomic E-state index is 0. The van der Waals surface area contributed by atoms with Gasteiger partial charge in [0.15, 0.2) is 0 Å². The fourth-order valence-corrected chi connectivity index (χ4v) is 4.77. The van der Waals surface area contributed by atoms with Crippen molar-refractivity contribution in [3.05, 3.63) is 71.3 Å². The van der Waals surface area contributed by atoms with E-state index in [1.165, 1.54) is 11.1 Å². The second-order valence-electron chi connectivity index (χ2n) is 9.43. The first-order valence-electron chi connectivity index (χ1n) is 10.7. The second kappa shape index (κ2) is 7.78. The van der Waals surface area contributed by atoms with Crippen LogP contribution >= 0.6 is 0 Å². The Kier molecular flexibility index (Phi) is 5.31. The Bertz CT molecular complexity index is 931. The van der Waals surface area contributed by atoms with Gasteiger partial charge in [-0.3, -0.25) is 4.79 Å². The summed E-state index contributed by atoms with van der Waals surface area (Å²) < 4.78 is 5.55. The number of hydrogen-bond donors (Lipinski definition) is 1. The molecular formula is C25H32N2O3. The van der Waals surface area contributed by atoms with Crippen molar-refractivity contribution >= 4 is 12.0 Å². The van der Waals surface area contributed by atoms with E-state index in [0.29, 0.717) is 18.7 Å². The van der Waals surface area contributed by atoms with Crippen molar-refractivity contribution < 1.29 is 15.8 Å². The molecule has 0 bridgehead atoms. The summed E-state index contributed by atoms with van der Waals surface area (Å²) in [4.78, 5) is 27.1. The van der Waals surface area contributed by atoms with Crippen LogP contribution in [-0.4, -0.2) is 35.6 Å². The summed E-state index contributed by atoms with van der Waals surface area (Å²) in [5.74, 6) is -0.0429. The Balaban J connectivity index is 0.00000272. The quantitative estimate of drug-likeness (QED) is 0.754. The molecule has 0 unspecified atom stereocenters. The molecule has 0 aromatic heterocycles. The number of nitrogens with zero attached hydrogens (tertiary/aromatic N) is 1. The summed E-state index contributed by atoms with van der Waals surface area (Å²) in [6, 6.07) is 17.8. The molecule has 2 aromatic rings. The number of piperidine rings is 1. The molecule has 160 valence electrons. The van der Waals surface area contributed by atoms with Crippen molar-refractivity contribution in [3.8, 4) is 0 Å². The zero-order chi connectivity index (χ0) is 21.4. The zero-order valence-electron chi connectivity index (χ0n) is 18.0. The van der Waals surface area contributed by atoms with Crippen LogP contribution in [0.1, 0.15) is 69.0 Å². The summed E-state index contributed by atoms with van der Waals surface area (Å²) >= 11 is 0. The number of ether oxygens (including phenoxy) is 1. The number of carbonyl (C=O) groups excluding carboxylic acids is 2. The van der Waals surface area contributed by atoms with Gasteiger partial charge in [-0.1, -0.05) is 42.5 Å². The predicted molar refractivity (Wildman–Crippen MR) is 119 cm³/mol. The molecule has 5 heteroatoms. The van der Waals surface area contributed by atoms with Gasteiger partial charge in [-0.25, -0.2) is 4.79 Å². The molecule has 1 aliphatic heterocycles. The van der Waals surface area contributed by atoms with E-state index in [9.17, 15) is 9.59 Å². The van der Waals surface area contributed by atoms with E-state index in [1.54, 1.807) is 0 Å². The fraction of sp³-hybridized carbons (Fsp3) is 0.440. The molecule has 1 atom stereocenters. The van der Waals surface area contributed by atoms with Crippen molar-refractivity contribution in [1.29, 1.82) is 0 Å². The number of nitrogens with one attached hydrogen (secondary N) is 1. The highest BCUT2D eigenvalue weighted by Crippen LogP contribution is 2.50. The number of carbonyl (C=O) groups is 2. The van der Waals surface area contributed by atoms with Crippen molar-refractivity contribution in [2.45, 2.75) is 57.1 Å². The molecule has 30 heavy (non-hydrogen) atoms. The van der Waals surface area contributed by atoms with Gasteiger partial charge in [0, 0.05) is 25.5 Å². The smallest absolute Gasteiger partial charge is 0.410 e. The highest BCUT2D eigenvalue weighted by molar-refractivity contribution is 5.94. The third-order valence-corrected chi connectivity index (χ3v) is 6.22. The summed E-state index contributed by atoms with van der Waals surface area (Å²) in [6.07, 6.45) is 2.38. The summed E-state index contributed by atoms with van der Waals surface area (Å²) in [5.41, 5.74) is 2.69. The summed E-state index contributed by atoms with van der Waals surface area (Å²) in [7, 11) is 0. The summed E-state index contributed by atoms with van der Waals surface area (Å²) in [5, 5.41) is 3.24. The lowest BCUT2D eigenvalue weighted by molar-refractivity contribution is 0.0161. The maximum atomic E-state index is 12.8. The van der Waals surface area contributed by atoms with Crippen LogP contribution in [0.2, 0.25) is 0 Å². The van der Waals surface area contributed by atoms with Gasteiger partial charge in [0.05, 0.1) is 6.04 Å². The van der Waals surface area contributed by atoms with E-state index in [0.717, 1.165) is 19.3 Å². The first kappa shape index (κ1) is 20.5. The molecule has 0 radical (unpaired) electrons. The van der Waals surface area contributed by atoms with E-state index in [1.807, 2.05) is 62.1 Å². The molecule has 5 nitrogen and oxygen atoms in total. The molecule has 2 amide bonds. The molecule has 1 fully saturated rings.